The lowest BCUT2D eigenvalue weighted by atomic mass is 10.1. The Kier molecular flexibility index (Phi) is 3.85. The van der Waals surface area contributed by atoms with Crippen LogP contribution in [0.5, 0.6) is 0 Å². The van der Waals surface area contributed by atoms with Gasteiger partial charge in [-0.05, 0) is 19.1 Å². The number of carbonyl (C=O) groups excluding carboxylic acids is 1. The first-order chi connectivity index (χ1) is 6.99. The van der Waals surface area contributed by atoms with Gasteiger partial charge in [0.2, 0.25) is 5.91 Å². The number of thiophene rings is 1. The van der Waals surface area contributed by atoms with E-state index in [9.17, 15) is 9.59 Å². The van der Waals surface area contributed by atoms with Gasteiger partial charge in [0.15, 0.2) is 0 Å². The predicted octanol–water partition coefficient (Wildman–Crippen LogP) is 1.71. The van der Waals surface area contributed by atoms with Gasteiger partial charge in [0.05, 0.1) is 12.5 Å². The zero-order chi connectivity index (χ0) is 11.4. The molecule has 5 heteroatoms. The summed E-state index contributed by atoms with van der Waals surface area (Å²) < 4.78 is 0. The Balaban J connectivity index is 2.80. The van der Waals surface area contributed by atoms with Gasteiger partial charge >= 0.3 is 5.97 Å². The van der Waals surface area contributed by atoms with Crippen LogP contribution in [-0.2, 0) is 9.59 Å². The van der Waals surface area contributed by atoms with Crippen molar-refractivity contribution in [2.75, 3.05) is 0 Å². The monoisotopic (exact) mass is 227 g/mol. The third-order valence-corrected chi connectivity index (χ3v) is 2.98. The van der Waals surface area contributed by atoms with Crippen molar-refractivity contribution >= 4 is 23.2 Å². The van der Waals surface area contributed by atoms with Crippen molar-refractivity contribution in [2.24, 2.45) is 0 Å². The van der Waals surface area contributed by atoms with Gasteiger partial charge in [-0.15, -0.1) is 11.3 Å². The highest BCUT2D eigenvalue weighted by Gasteiger charge is 2.17. The second-order valence-corrected chi connectivity index (χ2v) is 4.62. The molecule has 1 rings (SSSR count). The molecule has 1 aromatic rings. The summed E-state index contributed by atoms with van der Waals surface area (Å²) >= 11 is 1.50. The number of aryl methyl sites for hydroxylation is 1. The number of carboxylic acids is 1. The molecule has 82 valence electrons. The van der Waals surface area contributed by atoms with E-state index in [4.69, 9.17) is 5.11 Å². The van der Waals surface area contributed by atoms with E-state index in [0.717, 1.165) is 9.75 Å². The fourth-order valence-electron chi connectivity index (χ4n) is 1.28. The molecule has 2 N–H and O–H groups in total. The number of nitrogens with one attached hydrogen (secondary N) is 1. The van der Waals surface area contributed by atoms with E-state index in [1.54, 1.807) is 0 Å². The highest BCUT2D eigenvalue weighted by Crippen LogP contribution is 2.25. The maximum atomic E-state index is 10.9. The molecule has 0 fully saturated rings. The lowest BCUT2D eigenvalue weighted by Gasteiger charge is -2.13. The van der Waals surface area contributed by atoms with E-state index in [1.165, 1.54) is 18.3 Å². The van der Waals surface area contributed by atoms with Gasteiger partial charge in [-0.3, -0.25) is 9.59 Å². The summed E-state index contributed by atoms with van der Waals surface area (Å²) in [7, 11) is 0. The molecular weight excluding hydrogens is 214 g/mol. The molecule has 0 radical (unpaired) electrons. The van der Waals surface area contributed by atoms with E-state index < -0.39 is 12.0 Å². The number of aliphatic carboxylic acids is 1. The summed E-state index contributed by atoms with van der Waals surface area (Å²) in [4.78, 5) is 23.5. The van der Waals surface area contributed by atoms with Crippen LogP contribution in [0, 0.1) is 6.92 Å². The lowest BCUT2D eigenvalue weighted by molar-refractivity contribution is -0.137. The molecule has 0 bridgehead atoms. The summed E-state index contributed by atoms with van der Waals surface area (Å²) in [5, 5.41) is 11.3. The molecule has 1 amide bonds. The average molecular weight is 227 g/mol. The van der Waals surface area contributed by atoms with E-state index in [-0.39, 0.29) is 12.3 Å². The molecule has 1 heterocycles. The van der Waals surface area contributed by atoms with E-state index in [2.05, 4.69) is 5.32 Å². The molecule has 1 unspecified atom stereocenters. The van der Waals surface area contributed by atoms with Crippen molar-refractivity contribution in [2.45, 2.75) is 26.3 Å². The Morgan fingerprint density at radius 3 is 2.60 bits per heavy atom. The quantitative estimate of drug-likeness (QED) is 0.822. The highest BCUT2D eigenvalue weighted by molar-refractivity contribution is 7.12. The Hall–Kier alpha value is -1.36. The molecule has 1 atom stereocenters. The molecule has 0 aromatic carbocycles. The summed E-state index contributed by atoms with van der Waals surface area (Å²) in [5.41, 5.74) is 0. The predicted molar refractivity (Wildman–Crippen MR) is 57.9 cm³/mol. The standard InChI is InChI=1S/C10H13NO3S/c1-6-3-4-9(15-6)8(5-10(13)14)11-7(2)12/h3-4,8H,5H2,1-2H3,(H,11,12)(H,13,14). The van der Waals surface area contributed by atoms with Gasteiger partial charge < -0.3 is 10.4 Å². The fourth-order valence-corrected chi connectivity index (χ4v) is 2.21. The van der Waals surface area contributed by atoms with E-state index in [1.807, 2.05) is 19.1 Å². The number of carboxylic acid groups (broad SMARTS) is 1. The molecule has 1 aromatic heterocycles. The normalized spacial score (nSPS) is 12.1. The first kappa shape index (κ1) is 11.7. The maximum absolute atomic E-state index is 10.9. The van der Waals surface area contributed by atoms with Gasteiger partial charge in [-0.25, -0.2) is 0 Å². The van der Waals surface area contributed by atoms with E-state index in [0.29, 0.717) is 0 Å². The van der Waals surface area contributed by atoms with Gasteiger partial charge in [0, 0.05) is 16.7 Å². The maximum Gasteiger partial charge on any atom is 0.305 e. The number of rotatable bonds is 4. The topological polar surface area (TPSA) is 66.4 Å². The second kappa shape index (κ2) is 4.93. The van der Waals surface area contributed by atoms with Crippen LogP contribution in [0.4, 0.5) is 0 Å². The summed E-state index contributed by atoms with van der Waals surface area (Å²) in [5.74, 6) is -1.13. The van der Waals surface area contributed by atoms with Crippen LogP contribution in [0.25, 0.3) is 0 Å². The molecule has 0 aliphatic carbocycles. The SMILES string of the molecule is CC(=O)NC(CC(=O)O)c1ccc(C)s1. The van der Waals surface area contributed by atoms with Gasteiger partial charge in [-0.1, -0.05) is 0 Å². The zero-order valence-corrected chi connectivity index (χ0v) is 9.43. The Bertz CT molecular complexity index is 356. The average Bonchev–Trinajstić information content (AvgIpc) is 2.48. The first-order valence-corrected chi connectivity index (χ1v) is 5.36. The van der Waals surface area contributed by atoms with Crippen LogP contribution in [0.2, 0.25) is 0 Å². The Morgan fingerprint density at radius 2 is 2.20 bits per heavy atom. The molecular formula is C10H13NO3S. The minimum Gasteiger partial charge on any atom is -0.481 e. The van der Waals surface area contributed by atoms with Gasteiger partial charge in [0.25, 0.3) is 0 Å². The van der Waals surface area contributed by atoms with Gasteiger partial charge in [-0.2, -0.15) is 0 Å². The first-order valence-electron chi connectivity index (χ1n) is 4.54. The minimum atomic E-state index is -0.917. The van der Waals surface area contributed by atoms with Crippen molar-refractivity contribution in [3.63, 3.8) is 0 Å². The molecule has 0 saturated heterocycles. The summed E-state index contributed by atoms with van der Waals surface area (Å²) in [6.45, 7) is 3.33. The molecule has 0 aliphatic rings. The van der Waals surface area contributed by atoms with Crippen molar-refractivity contribution in [3.05, 3.63) is 21.9 Å². The fraction of sp³-hybridized carbons (Fsp3) is 0.400. The number of hydrogen-bond acceptors (Lipinski definition) is 3. The van der Waals surface area contributed by atoms with E-state index >= 15 is 0 Å². The van der Waals surface area contributed by atoms with Crippen molar-refractivity contribution in [1.29, 1.82) is 0 Å². The van der Waals surface area contributed by atoms with Crippen LogP contribution >= 0.6 is 11.3 Å². The van der Waals surface area contributed by atoms with Crippen LogP contribution in [0.1, 0.15) is 29.1 Å². The Labute approximate surface area is 91.9 Å². The van der Waals surface area contributed by atoms with Crippen LogP contribution in [0.15, 0.2) is 12.1 Å². The second-order valence-electron chi connectivity index (χ2n) is 3.30. The molecule has 15 heavy (non-hydrogen) atoms. The number of hydrogen-bond donors (Lipinski definition) is 2. The lowest BCUT2D eigenvalue weighted by Crippen LogP contribution is -2.27. The van der Waals surface area contributed by atoms with Crippen molar-refractivity contribution < 1.29 is 14.7 Å². The van der Waals surface area contributed by atoms with Crippen molar-refractivity contribution in [1.82, 2.24) is 5.32 Å². The highest BCUT2D eigenvalue weighted by atomic mass is 32.1. The Morgan fingerprint density at radius 1 is 1.53 bits per heavy atom. The molecule has 0 spiro atoms. The minimum absolute atomic E-state index is 0.0838. The van der Waals surface area contributed by atoms with Crippen LogP contribution in [-0.4, -0.2) is 17.0 Å². The third-order valence-electron chi connectivity index (χ3n) is 1.86. The smallest absolute Gasteiger partial charge is 0.305 e. The van der Waals surface area contributed by atoms with Crippen molar-refractivity contribution in [3.8, 4) is 0 Å². The van der Waals surface area contributed by atoms with Crippen LogP contribution < -0.4 is 5.32 Å². The zero-order valence-electron chi connectivity index (χ0n) is 8.61. The van der Waals surface area contributed by atoms with Gasteiger partial charge in [0.1, 0.15) is 0 Å². The summed E-state index contributed by atoms with van der Waals surface area (Å²) in [6, 6.07) is 3.35. The number of amides is 1. The third kappa shape index (κ3) is 3.71. The molecule has 4 nitrogen and oxygen atoms in total. The number of carbonyl (C=O) groups is 2. The largest absolute Gasteiger partial charge is 0.481 e. The molecule has 0 saturated carbocycles. The summed E-state index contributed by atoms with van der Waals surface area (Å²) in [6.07, 6.45) is -0.0838. The van der Waals surface area contributed by atoms with Crippen LogP contribution in [0.3, 0.4) is 0 Å². The molecule has 0 aliphatic heterocycles.